The third-order valence-corrected chi connectivity index (χ3v) is 3.04. The number of nitrogens with two attached hydrogens (primary N) is 1. The SMILES string of the molecule is NC1(C(=O)Nc2cnccc2Cl)CCC1. The van der Waals surface area contributed by atoms with E-state index in [2.05, 4.69) is 10.3 Å². The van der Waals surface area contributed by atoms with Gasteiger partial charge in [0.1, 0.15) is 0 Å². The zero-order chi connectivity index (χ0) is 10.9. The number of carbonyl (C=O) groups is 1. The molecule has 80 valence electrons. The van der Waals surface area contributed by atoms with Crippen LogP contribution in [0.3, 0.4) is 0 Å². The van der Waals surface area contributed by atoms with Crippen LogP contribution in [0.1, 0.15) is 19.3 Å². The van der Waals surface area contributed by atoms with Crippen LogP contribution in [0.4, 0.5) is 5.69 Å². The zero-order valence-electron chi connectivity index (χ0n) is 8.16. The maximum Gasteiger partial charge on any atom is 0.244 e. The largest absolute Gasteiger partial charge is 0.322 e. The minimum Gasteiger partial charge on any atom is -0.322 e. The Labute approximate surface area is 92.8 Å². The van der Waals surface area contributed by atoms with Crippen molar-refractivity contribution in [1.29, 1.82) is 0 Å². The van der Waals surface area contributed by atoms with Crippen LogP contribution in [-0.4, -0.2) is 16.4 Å². The molecule has 4 nitrogen and oxygen atoms in total. The highest BCUT2D eigenvalue weighted by molar-refractivity contribution is 6.33. The fraction of sp³-hybridized carbons (Fsp3) is 0.400. The van der Waals surface area contributed by atoms with Crippen LogP contribution < -0.4 is 11.1 Å². The number of pyridine rings is 1. The third-order valence-electron chi connectivity index (χ3n) is 2.71. The first-order valence-corrected chi connectivity index (χ1v) is 5.19. The van der Waals surface area contributed by atoms with Gasteiger partial charge >= 0.3 is 0 Å². The second kappa shape index (κ2) is 3.79. The van der Waals surface area contributed by atoms with Crippen LogP contribution in [0.25, 0.3) is 0 Å². The number of aromatic nitrogens is 1. The number of carbonyl (C=O) groups excluding carboxylic acids is 1. The highest BCUT2D eigenvalue weighted by Crippen LogP contribution is 2.31. The van der Waals surface area contributed by atoms with Gasteiger partial charge in [0.2, 0.25) is 5.91 Å². The number of halogens is 1. The van der Waals surface area contributed by atoms with Gasteiger partial charge in [0, 0.05) is 6.20 Å². The van der Waals surface area contributed by atoms with Crippen molar-refractivity contribution in [3.8, 4) is 0 Å². The van der Waals surface area contributed by atoms with E-state index in [0.717, 1.165) is 19.3 Å². The molecule has 0 radical (unpaired) electrons. The van der Waals surface area contributed by atoms with Gasteiger partial charge < -0.3 is 11.1 Å². The maximum absolute atomic E-state index is 11.7. The topological polar surface area (TPSA) is 68.0 Å². The Hall–Kier alpha value is -1.13. The number of amides is 1. The molecule has 0 aliphatic heterocycles. The Morgan fingerprint density at radius 3 is 2.87 bits per heavy atom. The Morgan fingerprint density at radius 1 is 1.60 bits per heavy atom. The number of rotatable bonds is 2. The Bertz CT molecular complexity index is 390. The molecular weight excluding hydrogens is 214 g/mol. The van der Waals surface area contributed by atoms with Crippen LogP contribution in [0, 0.1) is 0 Å². The van der Waals surface area contributed by atoms with Gasteiger partial charge in [0.25, 0.3) is 0 Å². The molecule has 0 spiro atoms. The summed E-state index contributed by atoms with van der Waals surface area (Å²) in [7, 11) is 0. The van der Waals surface area contributed by atoms with Crippen molar-refractivity contribution in [1.82, 2.24) is 4.98 Å². The first kappa shape index (κ1) is 10.4. The number of hydrogen-bond acceptors (Lipinski definition) is 3. The number of hydrogen-bond donors (Lipinski definition) is 2. The van der Waals surface area contributed by atoms with Crippen molar-refractivity contribution in [2.24, 2.45) is 5.73 Å². The van der Waals surface area contributed by atoms with E-state index in [0.29, 0.717) is 10.7 Å². The lowest BCUT2D eigenvalue weighted by Crippen LogP contribution is -2.56. The van der Waals surface area contributed by atoms with Crippen molar-refractivity contribution in [3.63, 3.8) is 0 Å². The van der Waals surface area contributed by atoms with Crippen LogP contribution in [0.5, 0.6) is 0 Å². The Balaban J connectivity index is 2.09. The van der Waals surface area contributed by atoms with Gasteiger partial charge in [-0.3, -0.25) is 9.78 Å². The summed E-state index contributed by atoms with van der Waals surface area (Å²) in [5, 5.41) is 3.17. The van der Waals surface area contributed by atoms with Crippen LogP contribution in [-0.2, 0) is 4.79 Å². The molecule has 5 heteroatoms. The van der Waals surface area contributed by atoms with Crippen molar-refractivity contribution in [2.45, 2.75) is 24.8 Å². The van der Waals surface area contributed by atoms with Gasteiger partial charge in [0.05, 0.1) is 22.4 Å². The fourth-order valence-corrected chi connectivity index (χ4v) is 1.65. The Morgan fingerprint density at radius 2 is 2.33 bits per heavy atom. The van der Waals surface area contributed by atoms with Crippen LogP contribution in [0.15, 0.2) is 18.5 Å². The van der Waals surface area contributed by atoms with Crippen molar-refractivity contribution < 1.29 is 4.79 Å². The second-order valence-corrected chi connectivity index (χ2v) is 4.23. The van der Waals surface area contributed by atoms with Crippen LogP contribution in [0.2, 0.25) is 5.02 Å². The lowest BCUT2D eigenvalue weighted by atomic mass is 9.77. The molecule has 15 heavy (non-hydrogen) atoms. The van der Waals surface area contributed by atoms with Crippen LogP contribution >= 0.6 is 11.6 Å². The molecule has 0 bridgehead atoms. The summed E-state index contributed by atoms with van der Waals surface area (Å²) in [5.74, 6) is -0.177. The third kappa shape index (κ3) is 1.96. The summed E-state index contributed by atoms with van der Waals surface area (Å²) in [6.07, 6.45) is 5.56. The van der Waals surface area contributed by atoms with Gasteiger partial charge in [-0.15, -0.1) is 0 Å². The molecule has 1 heterocycles. The van der Waals surface area contributed by atoms with E-state index in [-0.39, 0.29) is 5.91 Å². The molecule has 1 aromatic rings. The monoisotopic (exact) mass is 225 g/mol. The van der Waals surface area contributed by atoms with Gasteiger partial charge in [0.15, 0.2) is 0 Å². The lowest BCUT2D eigenvalue weighted by Gasteiger charge is -2.36. The predicted octanol–water partition coefficient (Wildman–Crippen LogP) is 1.55. The van der Waals surface area contributed by atoms with E-state index >= 15 is 0 Å². The summed E-state index contributed by atoms with van der Waals surface area (Å²) >= 11 is 5.88. The number of nitrogens with zero attached hydrogens (tertiary/aromatic N) is 1. The lowest BCUT2D eigenvalue weighted by molar-refractivity contribution is -0.123. The van der Waals surface area contributed by atoms with Gasteiger partial charge in [-0.1, -0.05) is 11.6 Å². The predicted molar refractivity (Wildman–Crippen MR) is 58.6 cm³/mol. The smallest absolute Gasteiger partial charge is 0.244 e. The zero-order valence-corrected chi connectivity index (χ0v) is 8.92. The first-order valence-electron chi connectivity index (χ1n) is 4.82. The maximum atomic E-state index is 11.7. The summed E-state index contributed by atoms with van der Waals surface area (Å²) in [6.45, 7) is 0. The number of nitrogens with one attached hydrogen (secondary N) is 1. The highest BCUT2D eigenvalue weighted by atomic mass is 35.5. The average molecular weight is 226 g/mol. The standard InChI is InChI=1S/C10H12ClN3O/c11-7-2-5-13-6-8(7)14-9(15)10(12)3-1-4-10/h2,5-6H,1,3-4,12H2,(H,14,15). The van der Waals surface area contributed by atoms with Gasteiger partial charge in [-0.05, 0) is 25.3 Å². The molecule has 1 fully saturated rings. The molecule has 1 aliphatic carbocycles. The highest BCUT2D eigenvalue weighted by Gasteiger charge is 2.40. The summed E-state index contributed by atoms with van der Waals surface area (Å²) < 4.78 is 0. The molecule has 1 aliphatic rings. The average Bonchev–Trinajstić information content (AvgIpc) is 2.18. The molecule has 1 amide bonds. The minimum atomic E-state index is -0.709. The molecular formula is C10H12ClN3O. The Kier molecular flexibility index (Phi) is 2.63. The van der Waals surface area contributed by atoms with Crippen molar-refractivity contribution >= 4 is 23.2 Å². The molecule has 1 saturated carbocycles. The number of anilines is 1. The van der Waals surface area contributed by atoms with E-state index < -0.39 is 5.54 Å². The molecule has 0 unspecified atom stereocenters. The van der Waals surface area contributed by atoms with E-state index in [1.54, 1.807) is 12.3 Å². The molecule has 0 atom stereocenters. The summed E-state index contributed by atoms with van der Waals surface area (Å²) in [4.78, 5) is 15.6. The minimum absolute atomic E-state index is 0.177. The quantitative estimate of drug-likeness (QED) is 0.803. The summed E-state index contributed by atoms with van der Waals surface area (Å²) in [6, 6.07) is 1.63. The van der Waals surface area contributed by atoms with Crippen molar-refractivity contribution in [3.05, 3.63) is 23.5 Å². The van der Waals surface area contributed by atoms with E-state index in [9.17, 15) is 4.79 Å². The van der Waals surface area contributed by atoms with E-state index in [1.807, 2.05) is 0 Å². The molecule has 1 aromatic heterocycles. The van der Waals surface area contributed by atoms with E-state index in [4.69, 9.17) is 17.3 Å². The molecule has 3 N–H and O–H groups in total. The molecule has 2 rings (SSSR count). The van der Waals surface area contributed by atoms with Gasteiger partial charge in [-0.2, -0.15) is 0 Å². The normalized spacial score (nSPS) is 18.0. The van der Waals surface area contributed by atoms with E-state index in [1.165, 1.54) is 6.20 Å². The molecule has 0 saturated heterocycles. The first-order chi connectivity index (χ1) is 7.12. The second-order valence-electron chi connectivity index (χ2n) is 3.82. The fourth-order valence-electron chi connectivity index (χ4n) is 1.50. The molecule has 0 aromatic carbocycles. The van der Waals surface area contributed by atoms with Gasteiger partial charge in [-0.25, -0.2) is 0 Å². The summed E-state index contributed by atoms with van der Waals surface area (Å²) in [5.41, 5.74) is 5.67. The van der Waals surface area contributed by atoms with Crippen molar-refractivity contribution in [2.75, 3.05) is 5.32 Å².